The van der Waals surface area contributed by atoms with Crippen LogP contribution in [0.4, 0.5) is 0 Å². The zero-order valence-electron chi connectivity index (χ0n) is 8.15. The molecule has 1 unspecified atom stereocenters. The van der Waals surface area contributed by atoms with E-state index in [1.165, 1.54) is 48.9 Å². The summed E-state index contributed by atoms with van der Waals surface area (Å²) in [5.74, 6) is 0. The molecule has 2 aliphatic rings. The summed E-state index contributed by atoms with van der Waals surface area (Å²) in [6.07, 6.45) is 4.96. The van der Waals surface area contributed by atoms with Crippen molar-refractivity contribution in [2.45, 2.75) is 31.7 Å². The first-order valence-electron chi connectivity index (χ1n) is 5.40. The van der Waals surface area contributed by atoms with Crippen LogP contribution in [0, 0.1) is 0 Å². The molecule has 14 heavy (non-hydrogen) atoms. The second-order valence-electron chi connectivity index (χ2n) is 4.24. The number of rotatable bonds is 1. The Labute approximate surface area is 89.5 Å². The lowest BCUT2D eigenvalue weighted by Crippen LogP contribution is -2.35. The van der Waals surface area contributed by atoms with Crippen molar-refractivity contribution in [3.63, 3.8) is 0 Å². The van der Waals surface area contributed by atoms with Crippen LogP contribution in [0.2, 0.25) is 5.02 Å². The number of halogens is 1. The molecule has 1 aromatic rings. The van der Waals surface area contributed by atoms with E-state index in [0.29, 0.717) is 6.04 Å². The van der Waals surface area contributed by atoms with Gasteiger partial charge in [-0.15, -0.1) is 0 Å². The van der Waals surface area contributed by atoms with Gasteiger partial charge in [0.05, 0.1) is 0 Å². The van der Waals surface area contributed by atoms with Crippen LogP contribution in [0.5, 0.6) is 0 Å². The Morgan fingerprint density at radius 1 is 1.21 bits per heavy atom. The second kappa shape index (κ2) is 3.25. The van der Waals surface area contributed by atoms with Crippen LogP contribution in [0.15, 0.2) is 12.1 Å². The molecule has 0 bridgehead atoms. The minimum atomic E-state index is 0.610. The van der Waals surface area contributed by atoms with Gasteiger partial charge in [0, 0.05) is 11.1 Å². The fourth-order valence-electron chi connectivity index (χ4n) is 2.57. The molecule has 0 spiro atoms. The first kappa shape index (κ1) is 8.75. The molecule has 0 saturated carbocycles. The van der Waals surface area contributed by atoms with Gasteiger partial charge in [-0.2, -0.15) is 0 Å². The standard InChI is InChI=1S/C12H14ClN/c13-11-5-4-10(12-6-7-14-12)8-2-1-3-9(8)11/h4-5,12,14H,1-3,6-7H2. The molecule has 1 saturated heterocycles. The molecule has 74 valence electrons. The van der Waals surface area contributed by atoms with Gasteiger partial charge in [0.25, 0.3) is 0 Å². The maximum Gasteiger partial charge on any atom is 0.0440 e. The molecule has 2 heteroatoms. The maximum atomic E-state index is 6.19. The highest BCUT2D eigenvalue weighted by Crippen LogP contribution is 2.36. The van der Waals surface area contributed by atoms with E-state index in [4.69, 9.17) is 11.6 Å². The lowest BCUT2D eigenvalue weighted by molar-refractivity contribution is 0.381. The minimum Gasteiger partial charge on any atom is -0.310 e. The highest BCUT2D eigenvalue weighted by molar-refractivity contribution is 6.31. The minimum absolute atomic E-state index is 0.610. The molecule has 1 nitrogen and oxygen atoms in total. The Morgan fingerprint density at radius 2 is 2.00 bits per heavy atom. The number of fused-ring (bicyclic) bond motifs is 1. The maximum absolute atomic E-state index is 6.19. The molecule has 1 atom stereocenters. The lowest BCUT2D eigenvalue weighted by Gasteiger charge is -2.30. The average Bonchev–Trinajstić information content (AvgIpc) is 2.55. The third-order valence-electron chi connectivity index (χ3n) is 3.46. The Kier molecular flexibility index (Phi) is 2.03. The monoisotopic (exact) mass is 207 g/mol. The summed E-state index contributed by atoms with van der Waals surface area (Å²) in [7, 11) is 0. The van der Waals surface area contributed by atoms with E-state index in [1.807, 2.05) is 0 Å². The Hall–Kier alpha value is -0.530. The third-order valence-corrected chi connectivity index (χ3v) is 3.82. The number of hydrogen-bond acceptors (Lipinski definition) is 1. The van der Waals surface area contributed by atoms with E-state index in [0.717, 1.165) is 5.02 Å². The SMILES string of the molecule is Clc1ccc(C2CCN2)c2c1CCC2. The molecule has 1 aliphatic carbocycles. The Balaban J connectivity index is 2.08. The predicted molar refractivity (Wildman–Crippen MR) is 58.8 cm³/mol. The summed E-state index contributed by atoms with van der Waals surface area (Å²) < 4.78 is 0. The normalized spacial score (nSPS) is 24.5. The van der Waals surface area contributed by atoms with Crippen LogP contribution in [0.3, 0.4) is 0 Å². The van der Waals surface area contributed by atoms with Crippen molar-refractivity contribution in [3.05, 3.63) is 33.8 Å². The summed E-state index contributed by atoms with van der Waals surface area (Å²) in [5.41, 5.74) is 4.46. The average molecular weight is 208 g/mol. The van der Waals surface area contributed by atoms with E-state index in [2.05, 4.69) is 17.4 Å². The predicted octanol–water partition coefficient (Wildman–Crippen LogP) is 2.86. The van der Waals surface area contributed by atoms with Gasteiger partial charge in [0.15, 0.2) is 0 Å². The first-order chi connectivity index (χ1) is 6.86. The van der Waals surface area contributed by atoms with Gasteiger partial charge in [-0.05, 0) is 55.0 Å². The molecule has 1 aromatic carbocycles. The molecule has 1 heterocycles. The van der Waals surface area contributed by atoms with E-state index in [-0.39, 0.29) is 0 Å². The second-order valence-corrected chi connectivity index (χ2v) is 4.65. The van der Waals surface area contributed by atoms with E-state index in [9.17, 15) is 0 Å². The van der Waals surface area contributed by atoms with E-state index < -0.39 is 0 Å². The number of nitrogens with one attached hydrogen (secondary N) is 1. The smallest absolute Gasteiger partial charge is 0.0440 e. The van der Waals surface area contributed by atoms with Crippen LogP contribution in [-0.2, 0) is 12.8 Å². The van der Waals surface area contributed by atoms with Crippen molar-refractivity contribution in [3.8, 4) is 0 Å². The molecule has 0 radical (unpaired) electrons. The highest BCUT2D eigenvalue weighted by atomic mass is 35.5. The van der Waals surface area contributed by atoms with Crippen LogP contribution >= 0.6 is 11.6 Å². The fraction of sp³-hybridized carbons (Fsp3) is 0.500. The van der Waals surface area contributed by atoms with Crippen molar-refractivity contribution < 1.29 is 0 Å². The van der Waals surface area contributed by atoms with Gasteiger partial charge in [0.1, 0.15) is 0 Å². The van der Waals surface area contributed by atoms with Gasteiger partial charge in [-0.3, -0.25) is 0 Å². The van der Waals surface area contributed by atoms with Crippen LogP contribution in [0.25, 0.3) is 0 Å². The molecule has 3 rings (SSSR count). The third kappa shape index (κ3) is 1.19. The zero-order valence-corrected chi connectivity index (χ0v) is 8.90. The first-order valence-corrected chi connectivity index (χ1v) is 5.77. The summed E-state index contributed by atoms with van der Waals surface area (Å²) in [4.78, 5) is 0. The summed E-state index contributed by atoms with van der Waals surface area (Å²) in [5, 5.41) is 4.44. The van der Waals surface area contributed by atoms with Gasteiger partial charge in [-0.1, -0.05) is 17.7 Å². The van der Waals surface area contributed by atoms with Crippen molar-refractivity contribution in [1.29, 1.82) is 0 Å². The van der Waals surface area contributed by atoms with Crippen LogP contribution < -0.4 is 5.32 Å². The topological polar surface area (TPSA) is 12.0 Å². The number of hydrogen-bond donors (Lipinski definition) is 1. The highest BCUT2D eigenvalue weighted by Gasteiger charge is 2.25. The van der Waals surface area contributed by atoms with Gasteiger partial charge >= 0.3 is 0 Å². The molecule has 1 aliphatic heterocycles. The molecule has 0 aromatic heterocycles. The fourth-order valence-corrected chi connectivity index (χ4v) is 2.84. The summed E-state index contributed by atoms with van der Waals surface area (Å²) >= 11 is 6.19. The molecule has 1 N–H and O–H groups in total. The molecule has 1 fully saturated rings. The summed E-state index contributed by atoms with van der Waals surface area (Å²) in [6, 6.07) is 4.89. The van der Waals surface area contributed by atoms with Crippen LogP contribution in [0.1, 0.15) is 35.6 Å². The Bertz CT molecular complexity index is 369. The van der Waals surface area contributed by atoms with Crippen molar-refractivity contribution in [2.24, 2.45) is 0 Å². The van der Waals surface area contributed by atoms with Crippen molar-refractivity contribution in [1.82, 2.24) is 5.32 Å². The largest absolute Gasteiger partial charge is 0.310 e. The molecular weight excluding hydrogens is 194 g/mol. The quantitative estimate of drug-likeness (QED) is 0.747. The zero-order chi connectivity index (χ0) is 9.54. The Morgan fingerprint density at radius 3 is 2.71 bits per heavy atom. The van der Waals surface area contributed by atoms with E-state index >= 15 is 0 Å². The van der Waals surface area contributed by atoms with Crippen molar-refractivity contribution in [2.75, 3.05) is 6.54 Å². The van der Waals surface area contributed by atoms with Crippen LogP contribution in [-0.4, -0.2) is 6.54 Å². The number of benzene rings is 1. The molecule has 0 amide bonds. The lowest BCUT2D eigenvalue weighted by atomic mass is 9.92. The van der Waals surface area contributed by atoms with Gasteiger partial charge in [-0.25, -0.2) is 0 Å². The van der Waals surface area contributed by atoms with Gasteiger partial charge < -0.3 is 5.32 Å². The van der Waals surface area contributed by atoms with E-state index in [1.54, 1.807) is 0 Å². The van der Waals surface area contributed by atoms with Gasteiger partial charge in [0.2, 0.25) is 0 Å². The molecular formula is C12H14ClN. The van der Waals surface area contributed by atoms with Crippen molar-refractivity contribution >= 4 is 11.6 Å². The summed E-state index contributed by atoms with van der Waals surface area (Å²) in [6.45, 7) is 1.17.